The number of nitrogens with zero attached hydrogens (tertiary/aromatic N) is 1. The van der Waals surface area contributed by atoms with Crippen LogP contribution in [0.15, 0.2) is 12.1 Å². The van der Waals surface area contributed by atoms with Crippen LogP contribution in [-0.2, 0) is 9.59 Å². The van der Waals surface area contributed by atoms with Crippen molar-refractivity contribution in [3.8, 4) is 5.75 Å². The van der Waals surface area contributed by atoms with Gasteiger partial charge in [0.2, 0.25) is 5.91 Å². The van der Waals surface area contributed by atoms with Crippen LogP contribution in [0.3, 0.4) is 0 Å². The lowest BCUT2D eigenvalue weighted by Crippen LogP contribution is -2.25. The number of aryl methyl sites for hydroxylation is 1. The highest BCUT2D eigenvalue weighted by Crippen LogP contribution is 2.37. The maximum Gasteiger partial charge on any atom is 0.227 e. The molecule has 0 saturated carbocycles. The molecule has 1 unspecified atom stereocenters. The first-order valence-corrected chi connectivity index (χ1v) is 8.06. The topological polar surface area (TPSA) is 46.6 Å². The van der Waals surface area contributed by atoms with Gasteiger partial charge >= 0.3 is 0 Å². The first-order valence-electron chi connectivity index (χ1n) is 6.70. The van der Waals surface area contributed by atoms with Gasteiger partial charge in [0, 0.05) is 30.7 Å². The number of carbonyl (C=O) groups excluding carboxylic acids is 2. The van der Waals surface area contributed by atoms with Crippen molar-refractivity contribution in [2.45, 2.75) is 20.3 Å². The zero-order valence-electron chi connectivity index (χ0n) is 12.3. The fraction of sp³-hybridized carbons (Fsp3) is 0.467. The Morgan fingerprint density at radius 1 is 1.52 bits per heavy atom. The average molecular weight is 328 g/mol. The lowest BCUT2D eigenvalue weighted by atomic mass is 10.1. The molecule has 1 saturated heterocycles. The predicted molar refractivity (Wildman–Crippen MR) is 86.3 cm³/mol. The van der Waals surface area contributed by atoms with Gasteiger partial charge < -0.3 is 9.64 Å². The smallest absolute Gasteiger partial charge is 0.227 e. The number of rotatable bonds is 4. The second-order valence-corrected chi connectivity index (χ2v) is 6.75. The monoisotopic (exact) mass is 327 g/mol. The molecule has 1 aliphatic heterocycles. The van der Waals surface area contributed by atoms with Gasteiger partial charge in [0.25, 0.3) is 0 Å². The quantitative estimate of drug-likeness (QED) is 0.851. The summed E-state index contributed by atoms with van der Waals surface area (Å²) in [6.45, 7) is 4.03. The third-order valence-electron chi connectivity index (χ3n) is 3.48. The molecule has 0 bridgehead atoms. The highest BCUT2D eigenvalue weighted by atomic mass is 35.5. The van der Waals surface area contributed by atoms with Gasteiger partial charge in [0.1, 0.15) is 5.75 Å². The summed E-state index contributed by atoms with van der Waals surface area (Å²) in [5.41, 5.74) is 1.61. The molecule has 1 aromatic carbocycles. The molecule has 4 nitrogen and oxygen atoms in total. The molecule has 2 rings (SSSR count). The van der Waals surface area contributed by atoms with Crippen molar-refractivity contribution in [3.05, 3.63) is 22.7 Å². The molecule has 1 amide bonds. The van der Waals surface area contributed by atoms with Gasteiger partial charge in [-0.15, -0.1) is 0 Å². The maximum absolute atomic E-state index is 12.2. The summed E-state index contributed by atoms with van der Waals surface area (Å²) in [5.74, 6) is 1.53. The minimum atomic E-state index is 0.0439. The summed E-state index contributed by atoms with van der Waals surface area (Å²) in [6.07, 6.45) is 0.453. The van der Waals surface area contributed by atoms with Crippen LogP contribution in [0.5, 0.6) is 5.75 Å². The van der Waals surface area contributed by atoms with Crippen molar-refractivity contribution in [2.75, 3.05) is 24.3 Å². The van der Waals surface area contributed by atoms with E-state index in [1.165, 1.54) is 11.8 Å². The molecule has 0 spiro atoms. The van der Waals surface area contributed by atoms with E-state index in [1.807, 2.05) is 13.0 Å². The summed E-state index contributed by atoms with van der Waals surface area (Å²) in [5, 5.41) is 0.692. The van der Waals surface area contributed by atoms with E-state index in [2.05, 4.69) is 0 Å². The van der Waals surface area contributed by atoms with Crippen LogP contribution in [-0.4, -0.2) is 30.4 Å². The number of hydrogen-bond acceptors (Lipinski definition) is 4. The lowest BCUT2D eigenvalue weighted by Gasteiger charge is -2.20. The SMILES string of the molecule is COc1cc(C)c(Cl)cc1N1CC(CSC(C)=O)CC1=O. The van der Waals surface area contributed by atoms with E-state index in [1.54, 1.807) is 25.0 Å². The van der Waals surface area contributed by atoms with Crippen molar-refractivity contribution in [1.82, 2.24) is 0 Å². The number of carbonyl (C=O) groups is 2. The fourth-order valence-electron chi connectivity index (χ4n) is 2.38. The van der Waals surface area contributed by atoms with Crippen LogP contribution in [0.4, 0.5) is 5.69 Å². The van der Waals surface area contributed by atoms with Crippen LogP contribution in [0.25, 0.3) is 0 Å². The number of anilines is 1. The van der Waals surface area contributed by atoms with E-state index < -0.39 is 0 Å². The number of ether oxygens (including phenoxy) is 1. The number of thioether (sulfide) groups is 1. The van der Waals surface area contributed by atoms with E-state index in [0.717, 1.165) is 5.56 Å². The van der Waals surface area contributed by atoms with Crippen LogP contribution in [0.2, 0.25) is 5.02 Å². The third-order valence-corrected chi connectivity index (χ3v) is 4.93. The van der Waals surface area contributed by atoms with Gasteiger partial charge in [0.05, 0.1) is 12.8 Å². The lowest BCUT2D eigenvalue weighted by molar-refractivity contribution is -0.117. The minimum Gasteiger partial charge on any atom is -0.495 e. The molecule has 0 N–H and O–H groups in total. The Labute approximate surface area is 133 Å². The Balaban J connectivity index is 2.20. The van der Waals surface area contributed by atoms with E-state index in [-0.39, 0.29) is 16.9 Å². The normalized spacial score (nSPS) is 18.2. The Kier molecular flexibility index (Phi) is 5.17. The number of benzene rings is 1. The number of amides is 1. The first kappa shape index (κ1) is 16.2. The molecule has 0 aliphatic carbocycles. The third kappa shape index (κ3) is 3.71. The molecule has 0 aromatic heterocycles. The maximum atomic E-state index is 12.2. The number of hydrogen-bond donors (Lipinski definition) is 0. The van der Waals surface area contributed by atoms with Crippen LogP contribution >= 0.6 is 23.4 Å². The molecule has 21 heavy (non-hydrogen) atoms. The Morgan fingerprint density at radius 2 is 2.24 bits per heavy atom. The predicted octanol–water partition coefficient (Wildman–Crippen LogP) is 3.29. The van der Waals surface area contributed by atoms with Crippen LogP contribution < -0.4 is 9.64 Å². The minimum absolute atomic E-state index is 0.0439. The van der Waals surface area contributed by atoms with Crippen molar-refractivity contribution in [3.63, 3.8) is 0 Å². The van der Waals surface area contributed by atoms with Gasteiger partial charge in [-0.2, -0.15) is 0 Å². The van der Waals surface area contributed by atoms with Crippen molar-refractivity contribution >= 4 is 40.1 Å². The van der Waals surface area contributed by atoms with Gasteiger partial charge in [-0.25, -0.2) is 0 Å². The van der Waals surface area contributed by atoms with Gasteiger partial charge in [-0.3, -0.25) is 9.59 Å². The molecular formula is C15H18ClNO3S. The van der Waals surface area contributed by atoms with Gasteiger partial charge in [0.15, 0.2) is 5.12 Å². The molecule has 1 atom stereocenters. The van der Waals surface area contributed by atoms with Gasteiger partial charge in [-0.1, -0.05) is 23.4 Å². The van der Waals surface area contributed by atoms with Crippen LogP contribution in [0, 0.1) is 12.8 Å². The molecule has 6 heteroatoms. The van der Waals surface area contributed by atoms with E-state index in [9.17, 15) is 9.59 Å². The summed E-state index contributed by atoms with van der Waals surface area (Å²) >= 11 is 7.43. The molecule has 1 aliphatic rings. The summed E-state index contributed by atoms with van der Waals surface area (Å²) < 4.78 is 5.36. The summed E-state index contributed by atoms with van der Waals surface area (Å²) in [6, 6.07) is 3.61. The van der Waals surface area contributed by atoms with E-state index in [0.29, 0.717) is 35.2 Å². The van der Waals surface area contributed by atoms with Crippen molar-refractivity contribution in [2.24, 2.45) is 5.92 Å². The molecule has 1 fully saturated rings. The highest BCUT2D eigenvalue weighted by molar-refractivity contribution is 8.13. The second-order valence-electron chi connectivity index (χ2n) is 5.15. The van der Waals surface area contributed by atoms with Gasteiger partial charge in [-0.05, 0) is 30.5 Å². The Bertz CT molecular complexity index is 576. The summed E-state index contributed by atoms with van der Waals surface area (Å²) in [4.78, 5) is 25.0. The molecule has 1 aromatic rings. The zero-order chi connectivity index (χ0) is 15.6. The molecule has 114 valence electrons. The zero-order valence-corrected chi connectivity index (χ0v) is 13.9. The Hall–Kier alpha value is -1.20. The fourth-order valence-corrected chi connectivity index (χ4v) is 3.23. The highest BCUT2D eigenvalue weighted by Gasteiger charge is 2.32. The number of methoxy groups -OCH3 is 1. The first-order chi connectivity index (χ1) is 9.92. The Morgan fingerprint density at radius 3 is 2.86 bits per heavy atom. The molecule has 1 heterocycles. The van der Waals surface area contributed by atoms with Crippen molar-refractivity contribution in [1.29, 1.82) is 0 Å². The number of halogens is 1. The second kappa shape index (κ2) is 6.71. The average Bonchev–Trinajstić information content (AvgIpc) is 2.80. The van der Waals surface area contributed by atoms with Crippen LogP contribution in [0.1, 0.15) is 18.9 Å². The molecular weight excluding hydrogens is 310 g/mol. The van der Waals surface area contributed by atoms with E-state index in [4.69, 9.17) is 16.3 Å². The standard InChI is InChI=1S/C15H18ClNO3S/c1-9-4-14(20-3)13(6-12(9)16)17-7-11(5-15(17)19)8-21-10(2)18/h4,6,11H,5,7-8H2,1-3H3. The molecule has 0 radical (unpaired) electrons. The largest absolute Gasteiger partial charge is 0.495 e. The van der Waals surface area contributed by atoms with Crippen molar-refractivity contribution < 1.29 is 14.3 Å². The van der Waals surface area contributed by atoms with E-state index >= 15 is 0 Å². The summed E-state index contributed by atoms with van der Waals surface area (Å²) in [7, 11) is 1.58.